The number of hydrogen-bond donors (Lipinski definition) is 1. The number of fused-ring (bicyclic) bond motifs is 2. The number of anilines is 2. The van der Waals surface area contributed by atoms with E-state index in [0.717, 1.165) is 30.0 Å². The summed E-state index contributed by atoms with van der Waals surface area (Å²) in [5.74, 6) is 2.48. The average molecular weight is 417 g/mol. The Balaban J connectivity index is 1.46. The van der Waals surface area contributed by atoms with Crippen molar-refractivity contribution in [2.75, 3.05) is 43.1 Å². The van der Waals surface area contributed by atoms with Crippen LogP contribution >= 0.6 is 0 Å². The molecule has 0 atom stereocenters. The third-order valence-corrected chi connectivity index (χ3v) is 5.37. The van der Waals surface area contributed by atoms with Gasteiger partial charge in [-0.15, -0.1) is 0 Å². The highest BCUT2D eigenvalue weighted by molar-refractivity contribution is 6.08. The molecule has 0 spiro atoms. The summed E-state index contributed by atoms with van der Waals surface area (Å²) in [4.78, 5) is 19.7. The second-order valence-electron chi connectivity index (χ2n) is 7.36. The number of ether oxygens (including phenoxy) is 3. The van der Waals surface area contributed by atoms with E-state index < -0.39 is 0 Å². The van der Waals surface area contributed by atoms with Crippen LogP contribution in [0.25, 0.3) is 11.1 Å². The number of carbonyl (C=O) groups is 1. The molecule has 158 valence electrons. The molecule has 7 heteroatoms. The summed E-state index contributed by atoms with van der Waals surface area (Å²) in [6.45, 7) is 5.51. The third-order valence-electron chi connectivity index (χ3n) is 5.37. The molecule has 0 aliphatic carbocycles. The van der Waals surface area contributed by atoms with Crippen LogP contribution in [0.5, 0.6) is 17.2 Å². The van der Waals surface area contributed by atoms with Gasteiger partial charge in [0.2, 0.25) is 0 Å². The predicted octanol–water partition coefficient (Wildman–Crippen LogP) is 4.34. The van der Waals surface area contributed by atoms with Gasteiger partial charge in [0, 0.05) is 25.4 Å². The molecule has 1 amide bonds. The van der Waals surface area contributed by atoms with Crippen molar-refractivity contribution < 1.29 is 19.0 Å². The number of aromatic nitrogens is 1. The van der Waals surface area contributed by atoms with Crippen LogP contribution in [-0.4, -0.2) is 43.8 Å². The number of benzene rings is 2. The van der Waals surface area contributed by atoms with Gasteiger partial charge in [0.05, 0.1) is 31.1 Å². The standard InChI is InChI=1S/C24H23N3O4/c1-2-30-18-4-6-22-20(15-18)26-24(28)19-13-16(3-5-21(19)31-22)17-7-8-25-23(14-17)27-9-11-29-12-10-27/h3-8,13-15H,2,9-12H2,1H3,(H,26,28). The summed E-state index contributed by atoms with van der Waals surface area (Å²) in [6, 6.07) is 15.1. The van der Waals surface area contributed by atoms with E-state index in [9.17, 15) is 4.79 Å². The molecule has 0 saturated carbocycles. The summed E-state index contributed by atoms with van der Waals surface area (Å²) in [7, 11) is 0. The van der Waals surface area contributed by atoms with Gasteiger partial charge in [-0.05, 0) is 54.4 Å². The molecule has 7 nitrogen and oxygen atoms in total. The van der Waals surface area contributed by atoms with E-state index >= 15 is 0 Å². The van der Waals surface area contributed by atoms with Crippen LogP contribution in [0, 0.1) is 0 Å². The van der Waals surface area contributed by atoms with E-state index in [-0.39, 0.29) is 5.91 Å². The Morgan fingerprint density at radius 2 is 1.84 bits per heavy atom. The first-order valence-corrected chi connectivity index (χ1v) is 10.4. The Morgan fingerprint density at radius 3 is 2.68 bits per heavy atom. The molecule has 2 aliphatic rings. The molecule has 3 aromatic rings. The number of morpholine rings is 1. The fraction of sp³-hybridized carbons (Fsp3) is 0.250. The third kappa shape index (κ3) is 3.92. The number of amides is 1. The molecule has 5 rings (SSSR count). The molecular formula is C24H23N3O4. The van der Waals surface area contributed by atoms with Crippen LogP contribution in [0.4, 0.5) is 11.5 Å². The van der Waals surface area contributed by atoms with E-state index in [1.54, 1.807) is 18.3 Å². The highest BCUT2D eigenvalue weighted by Crippen LogP contribution is 2.39. The maximum Gasteiger partial charge on any atom is 0.259 e. The summed E-state index contributed by atoms with van der Waals surface area (Å²) in [6.07, 6.45) is 1.80. The van der Waals surface area contributed by atoms with E-state index in [4.69, 9.17) is 14.2 Å². The summed E-state index contributed by atoms with van der Waals surface area (Å²) in [5.41, 5.74) is 2.99. The van der Waals surface area contributed by atoms with E-state index in [1.807, 2.05) is 43.3 Å². The highest BCUT2D eigenvalue weighted by atomic mass is 16.5. The maximum absolute atomic E-state index is 13.0. The SMILES string of the molecule is CCOc1ccc2c(c1)NC(=O)c1cc(-c3ccnc(N4CCOCC4)c3)ccc1O2. The van der Waals surface area contributed by atoms with Crippen molar-refractivity contribution in [3.05, 3.63) is 60.3 Å². The van der Waals surface area contributed by atoms with Crippen LogP contribution in [0.1, 0.15) is 17.3 Å². The summed E-state index contributed by atoms with van der Waals surface area (Å²) in [5, 5.41) is 2.94. The monoisotopic (exact) mass is 417 g/mol. The molecule has 31 heavy (non-hydrogen) atoms. The number of nitrogens with one attached hydrogen (secondary N) is 1. The van der Waals surface area contributed by atoms with Crippen molar-refractivity contribution >= 4 is 17.4 Å². The van der Waals surface area contributed by atoms with Gasteiger partial charge in [-0.3, -0.25) is 4.79 Å². The first-order chi connectivity index (χ1) is 15.2. The molecule has 1 aromatic heterocycles. The fourth-order valence-electron chi connectivity index (χ4n) is 3.80. The molecule has 1 saturated heterocycles. The molecule has 2 aromatic carbocycles. The topological polar surface area (TPSA) is 72.9 Å². The van der Waals surface area contributed by atoms with E-state index in [2.05, 4.69) is 15.2 Å². The van der Waals surface area contributed by atoms with Crippen molar-refractivity contribution in [3.63, 3.8) is 0 Å². The largest absolute Gasteiger partial charge is 0.494 e. The Kier molecular flexibility index (Phi) is 5.18. The van der Waals surface area contributed by atoms with Gasteiger partial charge in [0.1, 0.15) is 17.3 Å². The fourth-order valence-corrected chi connectivity index (χ4v) is 3.80. The van der Waals surface area contributed by atoms with Crippen molar-refractivity contribution in [1.82, 2.24) is 4.98 Å². The van der Waals surface area contributed by atoms with Crippen molar-refractivity contribution in [1.29, 1.82) is 0 Å². The van der Waals surface area contributed by atoms with Crippen molar-refractivity contribution in [2.45, 2.75) is 6.92 Å². The minimum Gasteiger partial charge on any atom is -0.494 e. The quantitative estimate of drug-likeness (QED) is 0.681. The second-order valence-corrected chi connectivity index (χ2v) is 7.36. The zero-order valence-electron chi connectivity index (χ0n) is 17.3. The lowest BCUT2D eigenvalue weighted by molar-refractivity contribution is 0.102. The van der Waals surface area contributed by atoms with Crippen molar-refractivity contribution in [2.24, 2.45) is 0 Å². The van der Waals surface area contributed by atoms with Crippen LogP contribution in [-0.2, 0) is 4.74 Å². The van der Waals surface area contributed by atoms with Gasteiger partial charge >= 0.3 is 0 Å². The van der Waals surface area contributed by atoms with Gasteiger partial charge in [-0.25, -0.2) is 4.98 Å². The summed E-state index contributed by atoms with van der Waals surface area (Å²) < 4.78 is 17.0. The van der Waals surface area contributed by atoms with Crippen LogP contribution < -0.4 is 19.7 Å². The van der Waals surface area contributed by atoms with Gasteiger partial charge in [0.25, 0.3) is 5.91 Å². The first kappa shape index (κ1) is 19.4. The second kappa shape index (κ2) is 8.28. The molecule has 0 radical (unpaired) electrons. The van der Waals surface area contributed by atoms with Crippen molar-refractivity contribution in [3.8, 4) is 28.4 Å². The Hall–Kier alpha value is -3.58. The Bertz CT molecular complexity index is 1130. The molecule has 1 N–H and O–H groups in total. The van der Waals surface area contributed by atoms with Crippen LogP contribution in [0.2, 0.25) is 0 Å². The Morgan fingerprint density at radius 1 is 1.03 bits per heavy atom. The van der Waals surface area contributed by atoms with Crippen LogP contribution in [0.3, 0.4) is 0 Å². The zero-order chi connectivity index (χ0) is 21.2. The van der Waals surface area contributed by atoms with Gasteiger partial charge in [-0.2, -0.15) is 0 Å². The lowest BCUT2D eigenvalue weighted by Crippen LogP contribution is -2.36. The smallest absolute Gasteiger partial charge is 0.259 e. The zero-order valence-corrected chi connectivity index (χ0v) is 17.3. The number of hydrogen-bond acceptors (Lipinski definition) is 6. The normalized spacial score (nSPS) is 15.3. The minimum absolute atomic E-state index is 0.216. The predicted molar refractivity (Wildman–Crippen MR) is 118 cm³/mol. The molecular weight excluding hydrogens is 394 g/mol. The average Bonchev–Trinajstić information content (AvgIpc) is 2.95. The number of rotatable bonds is 4. The molecule has 1 fully saturated rings. The van der Waals surface area contributed by atoms with Gasteiger partial charge < -0.3 is 24.4 Å². The highest BCUT2D eigenvalue weighted by Gasteiger charge is 2.22. The maximum atomic E-state index is 13.0. The molecule has 3 heterocycles. The van der Waals surface area contributed by atoms with E-state index in [1.165, 1.54) is 0 Å². The number of pyridine rings is 1. The lowest BCUT2D eigenvalue weighted by Gasteiger charge is -2.28. The number of nitrogens with zero attached hydrogens (tertiary/aromatic N) is 2. The molecule has 0 unspecified atom stereocenters. The minimum atomic E-state index is -0.216. The van der Waals surface area contributed by atoms with E-state index in [0.29, 0.717) is 48.3 Å². The van der Waals surface area contributed by atoms with Crippen LogP contribution in [0.15, 0.2) is 54.7 Å². The Labute approximate surface area is 180 Å². The first-order valence-electron chi connectivity index (χ1n) is 10.4. The number of carbonyl (C=O) groups excluding carboxylic acids is 1. The van der Waals surface area contributed by atoms with Gasteiger partial charge in [0.15, 0.2) is 5.75 Å². The lowest BCUT2D eigenvalue weighted by atomic mass is 10.0. The van der Waals surface area contributed by atoms with Gasteiger partial charge in [-0.1, -0.05) is 6.07 Å². The molecule has 2 aliphatic heterocycles. The summed E-state index contributed by atoms with van der Waals surface area (Å²) >= 11 is 0. The molecule has 0 bridgehead atoms.